The number of nitriles is 3. The maximum absolute atomic E-state index is 14.8. The number of fused-ring (bicyclic) bond motifs is 6. The fraction of sp³-hybridized carbons (Fsp3) is 0.476. The summed E-state index contributed by atoms with van der Waals surface area (Å²) in [4.78, 5) is 42.6. The highest BCUT2D eigenvalue weighted by atomic mass is 79.9. The second kappa shape index (κ2) is 41.8. The van der Waals surface area contributed by atoms with Crippen LogP contribution in [0.25, 0.3) is 16.6 Å². The van der Waals surface area contributed by atoms with Crippen molar-refractivity contribution in [3.63, 3.8) is 0 Å². The van der Waals surface area contributed by atoms with E-state index in [0.717, 1.165) is 206 Å². The van der Waals surface area contributed by atoms with E-state index in [1.165, 1.54) is 63.7 Å². The normalized spacial score (nSPS) is 23.5. The third kappa shape index (κ3) is 21.0. The minimum absolute atomic E-state index is 0.0278. The molecule has 8 aliphatic rings. The first-order valence-corrected chi connectivity index (χ1v) is 43.2. The molecule has 17 rings (SSSR count). The summed E-state index contributed by atoms with van der Waals surface area (Å²) in [6.07, 6.45) is 8.40. The average molecular weight is 1800 g/mol. The van der Waals surface area contributed by atoms with Crippen molar-refractivity contribution in [3.8, 4) is 18.2 Å². The molecule has 3 aromatic carbocycles. The lowest BCUT2D eigenvalue weighted by molar-refractivity contribution is 0.0356. The lowest BCUT2D eigenvalue weighted by Gasteiger charge is -2.51. The van der Waals surface area contributed by atoms with Gasteiger partial charge in [0.2, 0.25) is 0 Å². The fourth-order valence-electron chi connectivity index (χ4n) is 17.9. The summed E-state index contributed by atoms with van der Waals surface area (Å²) in [5, 5.41) is 53.9. The molecule has 9 aromatic rings. The smallest absolute Gasteiger partial charge is 0.290 e. The van der Waals surface area contributed by atoms with E-state index in [-0.39, 0.29) is 35.9 Å². The highest BCUT2D eigenvalue weighted by Gasteiger charge is 2.41. The molecule has 10 atom stereocenters. The number of alkyl halides is 1. The van der Waals surface area contributed by atoms with Crippen molar-refractivity contribution in [3.05, 3.63) is 188 Å². The van der Waals surface area contributed by atoms with Gasteiger partial charge in [0.25, 0.3) is 14.8 Å². The van der Waals surface area contributed by atoms with Gasteiger partial charge in [-0.05, 0) is 130 Å². The van der Waals surface area contributed by atoms with Crippen LogP contribution in [0, 0.1) is 51.4 Å². The zero-order valence-corrected chi connectivity index (χ0v) is 72.1. The summed E-state index contributed by atoms with van der Waals surface area (Å²) in [6.45, 7) is 26.2. The molecule has 0 amide bonds. The molecule has 8 aliphatic heterocycles. The Labute approximate surface area is 715 Å². The SMILES string of the molecule is BrCCc1ccc(Br)cc1.CO[C@@H]1CN(c2ccc(CCN3CCN4[C@@H](C3)CN(c3ccc(C#N)n5ncc(F)c35)C[C@H]4C)cc2)C[C@H]1N[B]C=O.CO[C@@H]1CNC[C@H]1N[B]C=O.C[C@@H]1CN(c2ccc(C#N)n3ncc(F)c23)C[C@@H]2CN(CCc3ccc(Br)cc3)CCN21.C[C@@H]1CN(c2ccc(C#N)n3ncc(F)c23)C[C@@H]2CNCCN21. The minimum Gasteiger partial charge on any atom is -0.378 e. The average Bonchev–Trinajstić information content (AvgIpc) is 0.871. The van der Waals surface area contributed by atoms with Gasteiger partial charge in [0.15, 0.2) is 17.5 Å². The number of nitrogens with zero attached hydrogens (tertiary/aromatic N) is 18. The Balaban J connectivity index is 0.000000140. The van der Waals surface area contributed by atoms with Gasteiger partial charge < -0.3 is 69.6 Å². The number of anilines is 4. The van der Waals surface area contributed by atoms with Gasteiger partial charge in [-0.25, -0.2) is 26.7 Å². The van der Waals surface area contributed by atoms with Crippen LogP contribution < -0.4 is 40.7 Å². The molecule has 8 saturated heterocycles. The molecule has 0 saturated carbocycles. The number of benzene rings is 3. The largest absolute Gasteiger partial charge is 0.378 e. The van der Waals surface area contributed by atoms with E-state index in [1.54, 1.807) is 32.4 Å². The van der Waals surface area contributed by atoms with E-state index in [0.29, 0.717) is 69.9 Å². The highest BCUT2D eigenvalue weighted by molar-refractivity contribution is 9.10. The third-order valence-corrected chi connectivity index (χ3v) is 25.4. The van der Waals surface area contributed by atoms with Crippen LogP contribution >= 0.6 is 47.8 Å². The van der Waals surface area contributed by atoms with Crippen LogP contribution in [0.5, 0.6) is 0 Å². The number of halogens is 6. The van der Waals surface area contributed by atoms with Crippen LogP contribution in [0.4, 0.5) is 35.9 Å². The zero-order chi connectivity index (χ0) is 82.9. The maximum atomic E-state index is 14.8. The number of piperazine rings is 6. The molecule has 14 heterocycles. The zero-order valence-electron chi connectivity index (χ0n) is 67.3. The number of ether oxygens (including phenoxy) is 2. The van der Waals surface area contributed by atoms with Gasteiger partial charge in [0.05, 0.1) is 60.2 Å². The number of aromatic nitrogens is 6. The third-order valence-electron chi connectivity index (χ3n) is 23.9. The van der Waals surface area contributed by atoms with Gasteiger partial charge in [-0.1, -0.05) is 84.2 Å². The Bertz CT molecular complexity index is 4960. The van der Waals surface area contributed by atoms with Crippen LogP contribution in [0.2, 0.25) is 0 Å². The predicted octanol–water partition coefficient (Wildman–Crippen LogP) is 7.52. The first kappa shape index (κ1) is 87.5. The van der Waals surface area contributed by atoms with E-state index < -0.39 is 5.82 Å². The number of hydrogen-bond acceptors (Lipinski definition) is 23. The van der Waals surface area contributed by atoms with Crippen molar-refractivity contribution < 1.29 is 32.2 Å². The summed E-state index contributed by atoms with van der Waals surface area (Å²) in [6, 6.07) is 45.4. The van der Waals surface area contributed by atoms with E-state index in [4.69, 9.17) is 9.47 Å². The van der Waals surface area contributed by atoms with E-state index in [1.807, 2.05) is 18.2 Å². The highest BCUT2D eigenvalue weighted by Crippen LogP contribution is 2.35. The molecule has 620 valence electrons. The van der Waals surface area contributed by atoms with Crippen molar-refractivity contribution in [1.29, 1.82) is 15.8 Å². The number of pyridine rings is 3. The molecular weight excluding hydrogens is 1700 g/mol. The number of nitrogens with one attached hydrogen (secondary N) is 4. The first-order valence-electron chi connectivity index (χ1n) is 40.5. The second-order valence-electron chi connectivity index (χ2n) is 31.3. The van der Waals surface area contributed by atoms with Crippen molar-refractivity contribution in [2.75, 3.05) is 177 Å². The van der Waals surface area contributed by atoms with Gasteiger partial charge in [-0.15, -0.1) is 0 Å². The quantitative estimate of drug-likeness (QED) is 0.0327. The fourth-order valence-corrected chi connectivity index (χ4v) is 18.9. The van der Waals surface area contributed by atoms with Crippen LogP contribution in [-0.2, 0) is 38.3 Å². The Morgan fingerprint density at radius 3 is 1.31 bits per heavy atom. The van der Waals surface area contributed by atoms with E-state index in [2.05, 4.69) is 240 Å². The van der Waals surface area contributed by atoms with Gasteiger partial charge >= 0.3 is 0 Å². The number of carbonyl (C=O) groups is 2. The van der Waals surface area contributed by atoms with Gasteiger partial charge in [0.1, 0.15) is 51.8 Å². The van der Waals surface area contributed by atoms with Crippen molar-refractivity contribution in [2.45, 2.75) is 101 Å². The molecule has 26 nitrogen and oxygen atoms in total. The maximum Gasteiger partial charge on any atom is 0.290 e. The second-order valence-corrected chi connectivity index (χ2v) is 33.9. The molecule has 34 heteroatoms. The Morgan fingerprint density at radius 2 is 0.890 bits per heavy atom. The Morgan fingerprint density at radius 1 is 0.475 bits per heavy atom. The van der Waals surface area contributed by atoms with E-state index >= 15 is 0 Å². The van der Waals surface area contributed by atoms with Crippen LogP contribution in [0.15, 0.2) is 137 Å². The standard InChI is InChI=1S/C30H37BFN8O2.C24H26BrFN6.C16H19FN6.C8H8Br2.C6H12BN2O2/c1-21-15-38(28-8-7-24(13-33)40-30(28)26(32)14-34-40)17-25-16-36(11-12-39(21)25)10-9-22-3-5-23(6-4-22)37-18-27(35-31-20-41)29(19-37)42-2;1-17-14-30(23-7-6-20(12-27)32-24(23)22(26)13-28-32)16-21-15-29(10-11-31(17)21)9-8-18-2-4-19(25)5-3-18;1-11-9-21(10-13-7-19-4-5-22(11)13)15-3-2-12(6-18)23-16(15)14(17)8-20-23;9-6-5-7-1-3-8(10)4-2-7;1-11-6-3-8-2-5(6)9-7-4-10/h3-8,14,20-21,25,27,29,35H,9-12,15-19H2,1-2H3;2-7,13,17,21H,8-11,14-16H2,1H3;2-3,8,11,13,19H,4-5,7,9-10H2,1H3;1-4H,5-6H2;4-6,8-9H,2-3H2,1H3/t21-,25+,27-,29-;17-,21+;11-,13+;;5-,6-/m111.1/s1. The molecule has 2 radical (unpaired) electrons. The number of methoxy groups -OCH3 is 2. The van der Waals surface area contributed by atoms with Crippen molar-refractivity contribution in [2.24, 2.45) is 0 Å². The van der Waals surface area contributed by atoms with E-state index in [9.17, 15) is 38.5 Å². The predicted molar refractivity (Wildman–Crippen MR) is 467 cm³/mol. The van der Waals surface area contributed by atoms with Gasteiger partial charge in [-0.3, -0.25) is 14.7 Å². The topological polar surface area (TPSA) is 253 Å². The Kier molecular flexibility index (Phi) is 31.0. The van der Waals surface area contributed by atoms with Gasteiger partial charge in [0, 0.05) is 220 Å². The number of rotatable bonds is 20. The molecule has 0 unspecified atom stereocenters. The lowest BCUT2D eigenvalue weighted by atomic mass is 9.96. The summed E-state index contributed by atoms with van der Waals surface area (Å²) in [5.74, 6) is -1.16. The van der Waals surface area contributed by atoms with Crippen molar-refractivity contribution >= 4 is 114 Å². The molecule has 6 aromatic heterocycles. The molecular formula is C84H102B2Br3F3N22O4. The van der Waals surface area contributed by atoms with Gasteiger partial charge in [-0.2, -0.15) is 31.1 Å². The molecule has 0 bridgehead atoms. The number of aryl methyl sites for hydroxylation is 1. The first-order chi connectivity index (χ1) is 57.4. The molecule has 0 spiro atoms. The number of hydrogen-bond donors (Lipinski definition) is 4. The van der Waals surface area contributed by atoms with Crippen LogP contribution in [0.3, 0.4) is 0 Å². The molecule has 4 N–H and O–H groups in total. The summed E-state index contributed by atoms with van der Waals surface area (Å²) < 4.78 is 60.9. The lowest BCUT2D eigenvalue weighted by Crippen LogP contribution is -2.65. The van der Waals surface area contributed by atoms with Crippen molar-refractivity contribution in [1.82, 2.24) is 74.4 Å². The minimum atomic E-state index is -0.399. The van der Waals surface area contributed by atoms with Crippen LogP contribution in [0.1, 0.15) is 54.5 Å². The summed E-state index contributed by atoms with van der Waals surface area (Å²) in [5.41, 5.74) is 9.82. The monoisotopic (exact) mass is 1800 g/mol. The molecule has 0 aliphatic carbocycles. The Hall–Kier alpha value is -8.34. The summed E-state index contributed by atoms with van der Waals surface area (Å²) >= 11 is 10.3. The molecule has 118 heavy (non-hydrogen) atoms. The summed E-state index contributed by atoms with van der Waals surface area (Å²) in [7, 11) is 6.24. The number of carbonyl (C=O) groups excluding carboxylic acids is 2. The van der Waals surface area contributed by atoms with Crippen LogP contribution in [-0.4, -0.2) is 298 Å². The molecule has 8 fully saturated rings.